The van der Waals surface area contributed by atoms with Gasteiger partial charge in [0.1, 0.15) is 5.92 Å². The minimum atomic E-state index is -0.983. The lowest BCUT2D eigenvalue weighted by Gasteiger charge is -2.52. The van der Waals surface area contributed by atoms with Gasteiger partial charge in [0.05, 0.1) is 6.07 Å². The van der Waals surface area contributed by atoms with Crippen LogP contribution in [0.5, 0.6) is 0 Å². The fraction of sp³-hybridized carbons (Fsp3) is 0.591. The van der Waals surface area contributed by atoms with Gasteiger partial charge in [-0.2, -0.15) is 5.26 Å². The van der Waals surface area contributed by atoms with Crippen LogP contribution in [0.15, 0.2) is 35.5 Å². The van der Waals surface area contributed by atoms with Crippen LogP contribution >= 0.6 is 0 Å². The summed E-state index contributed by atoms with van der Waals surface area (Å²) in [5.41, 5.74) is 2.33. The number of carboxylic acid groups (broad SMARTS) is 1. The molecule has 2 saturated carbocycles. The van der Waals surface area contributed by atoms with Crippen molar-refractivity contribution in [2.75, 3.05) is 0 Å². The SMILES string of the molecule is C[C@]12C=CC(=O)C=C1CC[C@@H]1C2=CC[C@]2(C)[C@@H](C(C#N)C(=O)O)CC[C@@H]12. The van der Waals surface area contributed by atoms with Crippen LogP contribution in [-0.4, -0.2) is 16.9 Å². The van der Waals surface area contributed by atoms with Gasteiger partial charge >= 0.3 is 5.97 Å². The van der Waals surface area contributed by atoms with E-state index in [9.17, 15) is 20.0 Å². The molecule has 0 radical (unpaired) electrons. The Morgan fingerprint density at radius 3 is 2.81 bits per heavy atom. The Kier molecular flexibility index (Phi) is 3.77. The number of carboxylic acids is 1. The summed E-state index contributed by atoms with van der Waals surface area (Å²) in [6, 6.07) is 2.05. The number of nitrogens with zero attached hydrogens (tertiary/aromatic N) is 1. The lowest BCUT2D eigenvalue weighted by Crippen LogP contribution is -2.45. The Bertz CT molecular complexity index is 814. The zero-order valence-electron chi connectivity index (χ0n) is 15.4. The normalized spacial score (nSPS) is 41.9. The van der Waals surface area contributed by atoms with Crippen molar-refractivity contribution >= 4 is 11.8 Å². The highest BCUT2D eigenvalue weighted by atomic mass is 16.4. The maximum Gasteiger partial charge on any atom is 0.321 e. The minimum absolute atomic E-state index is 0.0800. The Balaban J connectivity index is 1.72. The first-order valence-electron chi connectivity index (χ1n) is 9.58. The smallest absolute Gasteiger partial charge is 0.321 e. The molecular formula is C22H25NO3. The Hall–Kier alpha value is -2.15. The van der Waals surface area contributed by atoms with E-state index >= 15 is 0 Å². The summed E-state index contributed by atoms with van der Waals surface area (Å²) in [4.78, 5) is 23.4. The average Bonchev–Trinajstić information content (AvgIpc) is 2.93. The molecule has 0 bridgehead atoms. The summed E-state index contributed by atoms with van der Waals surface area (Å²) < 4.78 is 0. The molecule has 2 fully saturated rings. The third-order valence-corrected chi connectivity index (χ3v) is 7.83. The third-order valence-electron chi connectivity index (χ3n) is 7.83. The van der Waals surface area contributed by atoms with E-state index in [0.717, 1.165) is 32.1 Å². The van der Waals surface area contributed by atoms with E-state index in [1.807, 2.05) is 0 Å². The minimum Gasteiger partial charge on any atom is -0.480 e. The second-order valence-corrected chi connectivity index (χ2v) is 8.86. The quantitative estimate of drug-likeness (QED) is 0.761. The number of carbonyl (C=O) groups is 2. The van der Waals surface area contributed by atoms with Crippen LogP contribution in [0.4, 0.5) is 0 Å². The van der Waals surface area contributed by atoms with Crippen LogP contribution in [0.1, 0.15) is 46.0 Å². The number of ketones is 1. The summed E-state index contributed by atoms with van der Waals surface area (Å²) in [7, 11) is 0. The zero-order valence-corrected chi connectivity index (χ0v) is 15.4. The van der Waals surface area contributed by atoms with Crippen molar-refractivity contribution in [2.45, 2.75) is 46.0 Å². The fourth-order valence-electron chi connectivity index (χ4n) is 6.42. The second kappa shape index (κ2) is 5.67. The van der Waals surface area contributed by atoms with Crippen LogP contribution in [0, 0.1) is 45.8 Å². The number of rotatable bonds is 2. The molecule has 0 aromatic rings. The predicted octanol–water partition coefficient (Wildman–Crippen LogP) is 4.05. The van der Waals surface area contributed by atoms with E-state index < -0.39 is 11.9 Å². The first-order chi connectivity index (χ1) is 12.3. The van der Waals surface area contributed by atoms with Crippen LogP contribution < -0.4 is 0 Å². The highest BCUT2D eigenvalue weighted by molar-refractivity contribution is 6.01. The number of hydrogen-bond acceptors (Lipinski definition) is 3. The van der Waals surface area contributed by atoms with Gasteiger partial charge in [-0.15, -0.1) is 0 Å². The Morgan fingerprint density at radius 1 is 1.35 bits per heavy atom. The summed E-state index contributed by atoms with van der Waals surface area (Å²) in [6.07, 6.45) is 12.4. The molecule has 0 heterocycles. The molecule has 0 aromatic heterocycles. The number of hydrogen-bond donors (Lipinski definition) is 1. The van der Waals surface area contributed by atoms with Gasteiger partial charge in [-0.1, -0.05) is 30.2 Å². The number of carbonyl (C=O) groups excluding carboxylic acids is 1. The van der Waals surface area contributed by atoms with Crippen molar-refractivity contribution in [1.82, 2.24) is 0 Å². The summed E-state index contributed by atoms with van der Waals surface area (Å²) in [6.45, 7) is 4.41. The van der Waals surface area contributed by atoms with E-state index in [1.165, 1.54) is 11.1 Å². The highest BCUT2D eigenvalue weighted by Gasteiger charge is 2.57. The van der Waals surface area contributed by atoms with E-state index in [0.29, 0.717) is 11.8 Å². The summed E-state index contributed by atoms with van der Waals surface area (Å²) in [5.74, 6) is -1.05. The molecule has 0 amide bonds. The molecule has 136 valence electrons. The lowest BCUT2D eigenvalue weighted by molar-refractivity contribution is -0.143. The number of nitriles is 1. The van der Waals surface area contributed by atoms with Crippen molar-refractivity contribution in [1.29, 1.82) is 5.26 Å². The van der Waals surface area contributed by atoms with E-state index in [4.69, 9.17) is 0 Å². The molecule has 4 rings (SSSR count). The average molecular weight is 351 g/mol. The number of allylic oxidation sites excluding steroid dienone is 6. The monoisotopic (exact) mass is 351 g/mol. The molecular weight excluding hydrogens is 326 g/mol. The Morgan fingerprint density at radius 2 is 2.12 bits per heavy atom. The highest BCUT2D eigenvalue weighted by Crippen LogP contribution is 2.64. The maximum atomic E-state index is 11.8. The molecule has 26 heavy (non-hydrogen) atoms. The molecule has 4 aliphatic rings. The zero-order chi connectivity index (χ0) is 18.7. The van der Waals surface area contributed by atoms with Gasteiger partial charge in [0.25, 0.3) is 0 Å². The number of aliphatic carboxylic acids is 1. The largest absolute Gasteiger partial charge is 0.480 e. The standard InChI is InChI=1S/C22H25NO3/c1-21-9-7-14(24)11-13(21)3-4-15-17-5-6-18(16(12-23)20(25)26)22(17,2)10-8-19(15)21/h7-9,11,15-18H,3-6,10H2,1-2H3,(H,25,26)/t15-,16?,17-,18+,21-,22-/m0/s1. The summed E-state index contributed by atoms with van der Waals surface area (Å²) >= 11 is 0. The van der Waals surface area contributed by atoms with Crippen LogP contribution in [0.25, 0.3) is 0 Å². The molecule has 0 saturated heterocycles. The molecule has 0 aliphatic heterocycles. The molecule has 6 atom stereocenters. The topological polar surface area (TPSA) is 78.2 Å². The maximum absolute atomic E-state index is 11.8. The summed E-state index contributed by atoms with van der Waals surface area (Å²) in [5, 5.41) is 18.9. The lowest BCUT2D eigenvalue weighted by atomic mass is 9.51. The molecule has 0 aromatic carbocycles. The van der Waals surface area contributed by atoms with Crippen molar-refractivity contribution in [3.8, 4) is 6.07 Å². The van der Waals surface area contributed by atoms with E-state index in [-0.39, 0.29) is 22.5 Å². The fourth-order valence-corrected chi connectivity index (χ4v) is 6.42. The van der Waals surface area contributed by atoms with E-state index in [2.05, 4.69) is 32.1 Å². The molecule has 4 nitrogen and oxygen atoms in total. The molecule has 4 heteroatoms. The predicted molar refractivity (Wildman–Crippen MR) is 96.8 cm³/mol. The molecule has 0 spiro atoms. The van der Waals surface area contributed by atoms with Crippen LogP contribution in [-0.2, 0) is 9.59 Å². The van der Waals surface area contributed by atoms with Gasteiger partial charge in [0, 0.05) is 5.41 Å². The van der Waals surface area contributed by atoms with Gasteiger partial charge in [0.2, 0.25) is 0 Å². The van der Waals surface area contributed by atoms with Crippen molar-refractivity contribution < 1.29 is 14.7 Å². The first kappa shape index (κ1) is 17.3. The van der Waals surface area contributed by atoms with Gasteiger partial charge < -0.3 is 5.11 Å². The van der Waals surface area contributed by atoms with Crippen molar-refractivity contribution in [3.05, 3.63) is 35.5 Å². The van der Waals surface area contributed by atoms with Crippen LogP contribution in [0.3, 0.4) is 0 Å². The van der Waals surface area contributed by atoms with Crippen molar-refractivity contribution in [3.63, 3.8) is 0 Å². The van der Waals surface area contributed by atoms with Gasteiger partial charge in [0.15, 0.2) is 5.78 Å². The first-order valence-corrected chi connectivity index (χ1v) is 9.58. The van der Waals surface area contributed by atoms with Crippen molar-refractivity contribution in [2.24, 2.45) is 34.5 Å². The second-order valence-electron chi connectivity index (χ2n) is 8.86. The molecule has 1 N–H and O–H groups in total. The van der Waals surface area contributed by atoms with Crippen LogP contribution in [0.2, 0.25) is 0 Å². The molecule has 4 aliphatic carbocycles. The van der Waals surface area contributed by atoms with Gasteiger partial charge in [-0.05, 0) is 74.3 Å². The van der Waals surface area contributed by atoms with Gasteiger partial charge in [-0.3, -0.25) is 9.59 Å². The molecule has 1 unspecified atom stereocenters. The Labute approximate surface area is 154 Å². The van der Waals surface area contributed by atoms with Gasteiger partial charge in [-0.25, -0.2) is 0 Å². The number of fused-ring (bicyclic) bond motifs is 5. The third kappa shape index (κ3) is 2.19. The van der Waals surface area contributed by atoms with E-state index in [1.54, 1.807) is 12.2 Å².